The molecule has 2 fully saturated rings. The lowest BCUT2D eigenvalue weighted by atomic mass is 9.91. The normalized spacial score (nSPS) is 17.9. The Kier molecular flexibility index (Phi) is 7.13. The quantitative estimate of drug-likeness (QED) is 0.313. The van der Waals surface area contributed by atoms with Gasteiger partial charge >= 0.3 is 6.36 Å². The summed E-state index contributed by atoms with van der Waals surface area (Å²) >= 11 is 0. The smallest absolute Gasteiger partial charge is 0.486 e. The van der Waals surface area contributed by atoms with Gasteiger partial charge in [-0.2, -0.15) is 0 Å². The molecule has 1 aliphatic heterocycles. The number of aryl methyl sites for hydroxylation is 1. The molecule has 1 saturated carbocycles. The first-order valence-corrected chi connectivity index (χ1v) is 12.8. The lowest BCUT2D eigenvalue weighted by Crippen LogP contribution is -2.34. The van der Waals surface area contributed by atoms with Crippen molar-refractivity contribution in [2.75, 3.05) is 18.1 Å². The van der Waals surface area contributed by atoms with E-state index in [1.165, 1.54) is 6.07 Å². The fourth-order valence-electron chi connectivity index (χ4n) is 5.05. The van der Waals surface area contributed by atoms with Gasteiger partial charge in [-0.25, -0.2) is 0 Å². The number of ether oxygens (including phenoxy) is 2. The Morgan fingerprint density at radius 3 is 2.38 bits per heavy atom. The maximum Gasteiger partial charge on any atom is 0.573 e. The van der Waals surface area contributed by atoms with Crippen LogP contribution >= 0.6 is 0 Å². The summed E-state index contributed by atoms with van der Waals surface area (Å²) in [4.78, 5) is 14.1. The van der Waals surface area contributed by atoms with E-state index in [1.807, 2.05) is 37.3 Å². The first kappa shape index (κ1) is 25.2. The van der Waals surface area contributed by atoms with Gasteiger partial charge in [0.2, 0.25) is 0 Å². The molecule has 1 unspecified atom stereocenters. The SMILES string of the molecule is Cc1ccccc1N1CCCCC1c1ccc(-c2ccc(OCC(=O)C3CC3)cc2)cc1OC(F)(F)F. The number of hydrogen-bond acceptors (Lipinski definition) is 4. The van der Waals surface area contributed by atoms with Crippen molar-refractivity contribution in [3.05, 3.63) is 77.9 Å². The average molecular weight is 510 g/mol. The molecule has 5 rings (SSSR count). The standard InChI is InChI=1S/C30H30F3NO3/c1-20-6-2-3-7-26(20)34-17-5-4-8-27(34)25-16-13-23(18-29(25)37-30(31,32)33)21-11-14-24(15-12-21)36-19-28(35)22-9-10-22/h2-3,6-7,11-16,18,22,27H,4-5,8-10,17,19H2,1H3. The van der Waals surface area contributed by atoms with Crippen molar-refractivity contribution in [1.29, 1.82) is 0 Å². The van der Waals surface area contributed by atoms with Crippen LogP contribution in [-0.2, 0) is 4.79 Å². The molecule has 3 aromatic rings. The van der Waals surface area contributed by atoms with Gasteiger partial charge in [-0.15, -0.1) is 13.2 Å². The van der Waals surface area contributed by atoms with E-state index in [0.29, 0.717) is 16.9 Å². The average Bonchev–Trinajstić information content (AvgIpc) is 3.73. The highest BCUT2D eigenvalue weighted by molar-refractivity contribution is 5.84. The van der Waals surface area contributed by atoms with Crippen LogP contribution in [0.3, 0.4) is 0 Å². The van der Waals surface area contributed by atoms with Crippen LogP contribution in [0.25, 0.3) is 11.1 Å². The highest BCUT2D eigenvalue weighted by atomic mass is 19.4. The largest absolute Gasteiger partial charge is 0.573 e. The molecule has 0 spiro atoms. The van der Waals surface area contributed by atoms with E-state index < -0.39 is 6.36 Å². The van der Waals surface area contributed by atoms with Crippen molar-refractivity contribution in [3.8, 4) is 22.6 Å². The number of carbonyl (C=O) groups is 1. The second kappa shape index (κ2) is 10.5. The molecule has 7 heteroatoms. The zero-order valence-corrected chi connectivity index (χ0v) is 20.8. The Labute approximate surface area is 215 Å². The minimum atomic E-state index is -4.80. The number of para-hydroxylation sites is 1. The third-order valence-electron chi connectivity index (χ3n) is 7.13. The van der Waals surface area contributed by atoms with E-state index in [-0.39, 0.29) is 30.1 Å². The molecule has 1 saturated heterocycles. The van der Waals surface area contributed by atoms with E-state index in [9.17, 15) is 18.0 Å². The number of benzene rings is 3. The lowest BCUT2D eigenvalue weighted by molar-refractivity contribution is -0.275. The van der Waals surface area contributed by atoms with Crippen molar-refractivity contribution < 1.29 is 27.4 Å². The third kappa shape index (κ3) is 6.09. The molecule has 2 aliphatic rings. The second-order valence-corrected chi connectivity index (χ2v) is 9.85. The summed E-state index contributed by atoms with van der Waals surface area (Å²) in [6.45, 7) is 2.83. The van der Waals surface area contributed by atoms with Crippen LogP contribution in [0.15, 0.2) is 66.7 Å². The highest BCUT2D eigenvalue weighted by Crippen LogP contribution is 2.43. The predicted octanol–water partition coefficient (Wildman–Crippen LogP) is 7.65. The van der Waals surface area contributed by atoms with Gasteiger partial charge in [0, 0.05) is 23.7 Å². The van der Waals surface area contributed by atoms with Gasteiger partial charge in [-0.3, -0.25) is 4.79 Å². The van der Waals surface area contributed by atoms with Gasteiger partial charge in [-0.1, -0.05) is 42.5 Å². The van der Waals surface area contributed by atoms with Gasteiger partial charge in [-0.05, 0) is 80.0 Å². The molecule has 1 atom stereocenters. The summed E-state index contributed by atoms with van der Waals surface area (Å²) < 4.78 is 50.6. The first-order chi connectivity index (χ1) is 17.8. The van der Waals surface area contributed by atoms with E-state index in [4.69, 9.17) is 4.74 Å². The number of rotatable bonds is 8. The Bertz CT molecular complexity index is 1250. The zero-order valence-electron chi connectivity index (χ0n) is 20.8. The maximum absolute atomic E-state index is 13.5. The van der Waals surface area contributed by atoms with Gasteiger partial charge in [0.25, 0.3) is 0 Å². The number of halogens is 3. The number of carbonyl (C=O) groups excluding carboxylic acids is 1. The number of Topliss-reactive ketones (excluding diaryl/α,β-unsaturated/α-hetero) is 1. The fourth-order valence-corrected chi connectivity index (χ4v) is 5.05. The van der Waals surface area contributed by atoms with E-state index in [2.05, 4.69) is 9.64 Å². The number of anilines is 1. The number of hydrogen-bond donors (Lipinski definition) is 0. The number of nitrogens with zero attached hydrogens (tertiary/aromatic N) is 1. The molecule has 0 N–H and O–H groups in total. The molecule has 194 valence electrons. The molecule has 1 aliphatic carbocycles. The number of ketones is 1. The molecule has 1 heterocycles. The molecular weight excluding hydrogens is 479 g/mol. The summed E-state index contributed by atoms with van der Waals surface area (Å²) in [5.74, 6) is 0.620. The summed E-state index contributed by atoms with van der Waals surface area (Å²) in [7, 11) is 0. The Balaban J connectivity index is 1.43. The van der Waals surface area contributed by atoms with Crippen molar-refractivity contribution >= 4 is 11.5 Å². The molecule has 0 aromatic heterocycles. The first-order valence-electron chi connectivity index (χ1n) is 12.8. The van der Waals surface area contributed by atoms with Crippen LogP contribution in [0.4, 0.5) is 18.9 Å². The van der Waals surface area contributed by atoms with E-state index >= 15 is 0 Å². The maximum atomic E-state index is 13.5. The summed E-state index contributed by atoms with van der Waals surface area (Å²) in [5, 5.41) is 0. The van der Waals surface area contributed by atoms with Crippen LogP contribution in [0.1, 0.15) is 49.3 Å². The highest BCUT2D eigenvalue weighted by Gasteiger charge is 2.35. The Hall–Kier alpha value is -3.48. The van der Waals surface area contributed by atoms with Crippen LogP contribution < -0.4 is 14.4 Å². The Morgan fingerprint density at radius 2 is 1.68 bits per heavy atom. The van der Waals surface area contributed by atoms with Gasteiger partial charge < -0.3 is 14.4 Å². The summed E-state index contributed by atoms with van der Waals surface area (Å²) in [5.41, 5.74) is 4.00. The minimum absolute atomic E-state index is 0.0427. The molecule has 37 heavy (non-hydrogen) atoms. The topological polar surface area (TPSA) is 38.8 Å². The fraction of sp³-hybridized carbons (Fsp3) is 0.367. The molecule has 0 amide bonds. The second-order valence-electron chi connectivity index (χ2n) is 9.85. The molecule has 0 radical (unpaired) electrons. The monoisotopic (exact) mass is 509 g/mol. The minimum Gasteiger partial charge on any atom is -0.486 e. The van der Waals surface area contributed by atoms with Crippen molar-refractivity contribution in [1.82, 2.24) is 0 Å². The predicted molar refractivity (Wildman–Crippen MR) is 137 cm³/mol. The van der Waals surface area contributed by atoms with E-state index in [0.717, 1.165) is 55.5 Å². The zero-order chi connectivity index (χ0) is 26.0. The van der Waals surface area contributed by atoms with Crippen LogP contribution in [0.2, 0.25) is 0 Å². The molecular formula is C30H30F3NO3. The van der Waals surface area contributed by atoms with Crippen molar-refractivity contribution in [2.24, 2.45) is 5.92 Å². The van der Waals surface area contributed by atoms with Gasteiger partial charge in [0.15, 0.2) is 5.78 Å². The summed E-state index contributed by atoms with van der Waals surface area (Å²) in [6.07, 6.45) is -0.273. The van der Waals surface area contributed by atoms with Crippen molar-refractivity contribution in [3.63, 3.8) is 0 Å². The van der Waals surface area contributed by atoms with Crippen LogP contribution in [0.5, 0.6) is 11.5 Å². The Morgan fingerprint density at radius 1 is 0.946 bits per heavy atom. The molecule has 4 nitrogen and oxygen atoms in total. The van der Waals surface area contributed by atoms with E-state index in [1.54, 1.807) is 30.3 Å². The number of piperidine rings is 1. The summed E-state index contributed by atoms with van der Waals surface area (Å²) in [6, 6.07) is 19.8. The van der Waals surface area contributed by atoms with Crippen LogP contribution in [-0.4, -0.2) is 25.3 Å². The third-order valence-corrected chi connectivity index (χ3v) is 7.13. The lowest BCUT2D eigenvalue weighted by Gasteiger charge is -2.39. The number of alkyl halides is 3. The molecule has 0 bridgehead atoms. The van der Waals surface area contributed by atoms with Crippen LogP contribution in [0, 0.1) is 12.8 Å². The van der Waals surface area contributed by atoms with Gasteiger partial charge in [0.1, 0.15) is 18.1 Å². The van der Waals surface area contributed by atoms with Gasteiger partial charge in [0.05, 0.1) is 6.04 Å². The van der Waals surface area contributed by atoms with Crippen molar-refractivity contribution in [2.45, 2.75) is 51.4 Å². The molecule has 3 aromatic carbocycles.